The van der Waals surface area contributed by atoms with E-state index >= 15 is 0 Å². The summed E-state index contributed by atoms with van der Waals surface area (Å²) in [6.45, 7) is 3.87. The second-order valence-corrected chi connectivity index (χ2v) is 7.25. The molecule has 2 heterocycles. The number of thioether (sulfide) groups is 1. The lowest BCUT2D eigenvalue weighted by atomic mass is 9.94. The van der Waals surface area contributed by atoms with Gasteiger partial charge in [0.2, 0.25) is 5.91 Å². The molecule has 2 aliphatic heterocycles. The number of nitrogens with zero attached hydrogens (tertiary/aromatic N) is 2. The molecule has 0 aliphatic carbocycles. The van der Waals surface area contributed by atoms with Crippen LogP contribution in [0.4, 0.5) is 4.39 Å². The van der Waals surface area contributed by atoms with Crippen LogP contribution in [0.2, 0.25) is 0 Å². The summed E-state index contributed by atoms with van der Waals surface area (Å²) in [6, 6.07) is 5.06. The highest BCUT2D eigenvalue weighted by molar-refractivity contribution is 8.15. The topological polar surface area (TPSA) is 68.2 Å². The molecule has 6 nitrogen and oxygen atoms in total. The van der Waals surface area contributed by atoms with Crippen LogP contribution < -0.4 is 0 Å². The van der Waals surface area contributed by atoms with Crippen molar-refractivity contribution in [1.29, 1.82) is 0 Å². The van der Waals surface area contributed by atoms with E-state index in [-0.39, 0.29) is 35.8 Å². The highest BCUT2D eigenvalue weighted by atomic mass is 32.2. The number of allylic oxidation sites excluding steroid dienone is 1. The number of hydrogen-bond acceptors (Lipinski definition) is 6. The quantitative estimate of drug-likeness (QED) is 0.582. The summed E-state index contributed by atoms with van der Waals surface area (Å²) in [7, 11) is 1.51. The third-order valence-electron chi connectivity index (χ3n) is 4.18. The van der Waals surface area contributed by atoms with Crippen molar-refractivity contribution in [3.63, 3.8) is 0 Å². The molecule has 1 saturated heterocycles. The predicted octanol–water partition coefficient (Wildman–Crippen LogP) is 2.66. The largest absolute Gasteiger partial charge is 0.460 e. The number of carbonyl (C=O) groups excluding carboxylic acids is 2. The van der Waals surface area contributed by atoms with Crippen LogP contribution in [-0.4, -0.2) is 47.5 Å². The van der Waals surface area contributed by atoms with Gasteiger partial charge in [-0.25, -0.2) is 14.2 Å². The Morgan fingerprint density at radius 2 is 2.00 bits per heavy atom. The average molecular weight is 378 g/mol. The van der Waals surface area contributed by atoms with Gasteiger partial charge >= 0.3 is 5.97 Å². The van der Waals surface area contributed by atoms with E-state index in [4.69, 9.17) is 9.47 Å². The number of aliphatic imine (C=N–C) groups is 1. The second-order valence-electron chi connectivity index (χ2n) is 5.94. The van der Waals surface area contributed by atoms with E-state index in [2.05, 4.69) is 4.99 Å². The standard InChI is InChI=1S/C18H19FN2O4S/c1-10-14(17(23)25-9-8-24-3)15(12-4-6-13(19)7-5-12)21-16(22)11(2)26-18(21)20-10/h4-7,11,15H,8-9H2,1-3H3. The molecular weight excluding hydrogens is 359 g/mol. The van der Waals surface area contributed by atoms with E-state index < -0.39 is 12.0 Å². The van der Waals surface area contributed by atoms with E-state index in [1.807, 2.05) is 0 Å². The highest BCUT2D eigenvalue weighted by Crippen LogP contribution is 2.43. The maximum Gasteiger partial charge on any atom is 0.338 e. The summed E-state index contributed by atoms with van der Waals surface area (Å²) in [5.41, 5.74) is 1.39. The molecule has 8 heteroatoms. The average Bonchev–Trinajstić information content (AvgIpc) is 2.88. The lowest BCUT2D eigenvalue weighted by Crippen LogP contribution is -2.40. The molecule has 2 unspecified atom stereocenters. The van der Waals surface area contributed by atoms with Gasteiger partial charge in [-0.1, -0.05) is 23.9 Å². The number of fused-ring (bicyclic) bond motifs is 1. The van der Waals surface area contributed by atoms with Gasteiger partial charge in [-0.2, -0.15) is 0 Å². The molecule has 138 valence electrons. The van der Waals surface area contributed by atoms with Crippen LogP contribution in [0, 0.1) is 5.82 Å². The smallest absolute Gasteiger partial charge is 0.338 e. The molecule has 0 radical (unpaired) electrons. The summed E-state index contributed by atoms with van der Waals surface area (Å²) in [4.78, 5) is 31.3. The molecule has 0 N–H and O–H groups in total. The molecule has 2 aliphatic rings. The van der Waals surface area contributed by atoms with E-state index in [9.17, 15) is 14.0 Å². The Labute approximate surface area is 155 Å². The Morgan fingerprint density at radius 1 is 1.31 bits per heavy atom. The van der Waals surface area contributed by atoms with Crippen molar-refractivity contribution in [3.05, 3.63) is 46.9 Å². The number of esters is 1. The molecule has 1 fully saturated rings. The summed E-state index contributed by atoms with van der Waals surface area (Å²) < 4.78 is 23.5. The first-order valence-electron chi connectivity index (χ1n) is 8.14. The zero-order valence-corrected chi connectivity index (χ0v) is 15.5. The number of amidine groups is 1. The van der Waals surface area contributed by atoms with Crippen molar-refractivity contribution in [2.45, 2.75) is 25.1 Å². The maximum atomic E-state index is 13.4. The number of methoxy groups -OCH3 is 1. The summed E-state index contributed by atoms with van der Waals surface area (Å²) in [6.07, 6.45) is 0. The Kier molecular flexibility index (Phi) is 5.43. The van der Waals surface area contributed by atoms with Gasteiger partial charge in [0.1, 0.15) is 12.4 Å². The predicted molar refractivity (Wildman–Crippen MR) is 96.0 cm³/mol. The zero-order chi connectivity index (χ0) is 18.8. The molecule has 0 aromatic heterocycles. The van der Waals surface area contributed by atoms with Crippen LogP contribution in [0.25, 0.3) is 0 Å². The first-order valence-corrected chi connectivity index (χ1v) is 9.02. The normalized spacial score (nSPS) is 22.4. The number of amides is 1. The first-order chi connectivity index (χ1) is 12.4. The van der Waals surface area contributed by atoms with Gasteiger partial charge in [0.15, 0.2) is 5.17 Å². The van der Waals surface area contributed by atoms with Crippen LogP contribution in [-0.2, 0) is 19.1 Å². The molecule has 1 aromatic rings. The minimum atomic E-state index is -0.692. The number of carbonyl (C=O) groups is 2. The van der Waals surface area contributed by atoms with Gasteiger partial charge in [0, 0.05) is 7.11 Å². The molecule has 2 atom stereocenters. The summed E-state index contributed by atoms with van der Waals surface area (Å²) >= 11 is 1.34. The Hall–Kier alpha value is -2.19. The molecule has 3 rings (SSSR count). The van der Waals surface area contributed by atoms with Crippen molar-refractivity contribution in [2.75, 3.05) is 20.3 Å². The fraction of sp³-hybridized carbons (Fsp3) is 0.389. The van der Waals surface area contributed by atoms with Gasteiger partial charge in [-0.15, -0.1) is 0 Å². The first kappa shape index (κ1) is 18.6. The van der Waals surface area contributed by atoms with E-state index in [0.717, 1.165) is 0 Å². The summed E-state index contributed by atoms with van der Waals surface area (Å²) in [5, 5.41) is 0.246. The minimum Gasteiger partial charge on any atom is -0.460 e. The van der Waals surface area contributed by atoms with Gasteiger partial charge in [-0.05, 0) is 31.5 Å². The van der Waals surface area contributed by atoms with E-state index in [1.165, 1.54) is 35.9 Å². The van der Waals surface area contributed by atoms with Gasteiger partial charge in [0.05, 0.1) is 29.2 Å². The molecular formula is C18H19FN2O4S. The van der Waals surface area contributed by atoms with Gasteiger partial charge < -0.3 is 9.47 Å². The highest BCUT2D eigenvalue weighted by Gasteiger charge is 2.46. The van der Waals surface area contributed by atoms with Crippen molar-refractivity contribution < 1.29 is 23.5 Å². The minimum absolute atomic E-state index is 0.0952. The Balaban J connectivity index is 2.03. The molecule has 1 amide bonds. The monoisotopic (exact) mass is 378 g/mol. The number of halogens is 1. The molecule has 0 spiro atoms. The number of hydrogen-bond donors (Lipinski definition) is 0. The van der Waals surface area contributed by atoms with E-state index in [0.29, 0.717) is 16.4 Å². The van der Waals surface area contributed by atoms with Crippen LogP contribution in [0.5, 0.6) is 0 Å². The third-order valence-corrected chi connectivity index (χ3v) is 5.24. The third kappa shape index (κ3) is 3.39. The molecule has 26 heavy (non-hydrogen) atoms. The van der Waals surface area contributed by atoms with E-state index in [1.54, 1.807) is 26.0 Å². The second kappa shape index (κ2) is 7.59. The number of rotatable bonds is 5. The SMILES string of the molecule is COCCOC(=O)C1=C(C)N=C2SC(C)C(=O)N2C1c1ccc(F)cc1. The molecule has 0 bridgehead atoms. The van der Waals surface area contributed by atoms with Crippen molar-refractivity contribution in [2.24, 2.45) is 4.99 Å². The van der Waals surface area contributed by atoms with Crippen LogP contribution in [0.3, 0.4) is 0 Å². The van der Waals surface area contributed by atoms with Crippen LogP contribution in [0.15, 0.2) is 40.5 Å². The molecule has 0 saturated carbocycles. The summed E-state index contributed by atoms with van der Waals surface area (Å²) in [5.74, 6) is -1.09. The zero-order valence-electron chi connectivity index (χ0n) is 14.7. The van der Waals surface area contributed by atoms with Gasteiger partial charge in [-0.3, -0.25) is 9.69 Å². The fourth-order valence-electron chi connectivity index (χ4n) is 2.92. The van der Waals surface area contributed by atoms with Crippen LogP contribution in [0.1, 0.15) is 25.5 Å². The Bertz CT molecular complexity index is 791. The lowest BCUT2D eigenvalue weighted by molar-refractivity contribution is -0.141. The van der Waals surface area contributed by atoms with Crippen molar-refractivity contribution in [1.82, 2.24) is 4.90 Å². The van der Waals surface area contributed by atoms with Crippen molar-refractivity contribution >= 4 is 28.8 Å². The number of ether oxygens (including phenoxy) is 2. The van der Waals surface area contributed by atoms with Crippen molar-refractivity contribution in [3.8, 4) is 0 Å². The number of benzene rings is 1. The van der Waals surface area contributed by atoms with Gasteiger partial charge in [0.25, 0.3) is 0 Å². The van der Waals surface area contributed by atoms with Crippen LogP contribution >= 0.6 is 11.8 Å². The maximum absolute atomic E-state index is 13.4. The fourth-order valence-corrected chi connectivity index (χ4v) is 3.95. The molecule has 1 aromatic carbocycles. The Morgan fingerprint density at radius 3 is 2.65 bits per heavy atom. The lowest BCUT2D eigenvalue weighted by Gasteiger charge is -2.33.